The second-order valence-electron chi connectivity index (χ2n) is 12.2. The third kappa shape index (κ3) is 7.05. The molecule has 0 saturated heterocycles. The first-order valence-corrected chi connectivity index (χ1v) is 15.3. The zero-order valence-electron chi connectivity index (χ0n) is 25.0. The van der Waals surface area contributed by atoms with Gasteiger partial charge in [0.05, 0.1) is 23.9 Å². The number of rotatable bonds is 8. The third-order valence-corrected chi connectivity index (χ3v) is 8.75. The van der Waals surface area contributed by atoms with Crippen LogP contribution in [0.1, 0.15) is 56.3 Å². The number of ether oxygens (including phenoxy) is 1. The van der Waals surface area contributed by atoms with Crippen LogP contribution in [0, 0.1) is 11.8 Å². The molecule has 3 N–H and O–H groups in total. The van der Waals surface area contributed by atoms with Crippen LogP contribution in [0.15, 0.2) is 60.7 Å². The molecule has 0 unspecified atom stereocenters. The first-order chi connectivity index (χ1) is 20.3. The third-order valence-electron chi connectivity index (χ3n) is 8.75. The summed E-state index contributed by atoms with van der Waals surface area (Å²) in [7, 11) is 2.16. The Kier molecular flexibility index (Phi) is 9.65. The van der Waals surface area contributed by atoms with Gasteiger partial charge in [-0.05, 0) is 62.4 Å². The lowest BCUT2D eigenvalue weighted by molar-refractivity contribution is 0.0330. The summed E-state index contributed by atoms with van der Waals surface area (Å²) in [6, 6.07) is 18.1. The predicted molar refractivity (Wildman–Crippen MR) is 168 cm³/mol. The minimum absolute atomic E-state index is 0.0641. The fourth-order valence-corrected chi connectivity index (χ4v) is 6.33. The first kappa shape index (κ1) is 29.9. The van der Waals surface area contributed by atoms with Crippen LogP contribution in [0.4, 0.5) is 16.2 Å². The topological polar surface area (TPSA) is 94.1 Å². The van der Waals surface area contributed by atoms with E-state index in [0.717, 1.165) is 29.8 Å². The largest absolute Gasteiger partial charge is 0.488 e. The Morgan fingerprint density at radius 2 is 1.81 bits per heavy atom. The van der Waals surface area contributed by atoms with E-state index < -0.39 is 6.03 Å². The van der Waals surface area contributed by atoms with E-state index >= 15 is 0 Å². The predicted octanol–water partition coefficient (Wildman–Crippen LogP) is 6.22. The zero-order valence-corrected chi connectivity index (χ0v) is 25.0. The average Bonchev–Trinajstić information content (AvgIpc) is 2.99. The van der Waals surface area contributed by atoms with Crippen LogP contribution in [0.3, 0.4) is 0 Å². The van der Waals surface area contributed by atoms with E-state index in [4.69, 9.17) is 4.74 Å². The summed E-state index contributed by atoms with van der Waals surface area (Å²) in [5, 5.41) is 17.8. The molecule has 5 rings (SSSR count). The zero-order chi connectivity index (χ0) is 29.6. The number of anilines is 2. The maximum absolute atomic E-state index is 13.8. The molecule has 3 aromatic rings. The molecule has 0 bridgehead atoms. The SMILES string of the molecule is C[C@@H]1CN([C@H](C)CO)C(=O)c2cc(NC(=O)Nc3cccc4ccccc34)ccc2O[C@@H]1CN(C)CC1CCCCC1. The van der Waals surface area contributed by atoms with Crippen molar-refractivity contribution in [2.75, 3.05) is 43.9 Å². The molecule has 0 aromatic heterocycles. The first-order valence-electron chi connectivity index (χ1n) is 15.3. The summed E-state index contributed by atoms with van der Waals surface area (Å²) in [6.45, 7) is 6.11. The summed E-state index contributed by atoms with van der Waals surface area (Å²) in [4.78, 5) is 30.9. The molecule has 1 fully saturated rings. The van der Waals surface area contributed by atoms with E-state index in [1.807, 2.05) is 49.4 Å². The Hall–Kier alpha value is -3.62. The molecule has 3 aromatic carbocycles. The number of nitrogens with zero attached hydrogens (tertiary/aromatic N) is 2. The molecule has 2 aliphatic rings. The lowest BCUT2D eigenvalue weighted by Gasteiger charge is -2.38. The molecule has 0 spiro atoms. The number of likely N-dealkylation sites (N-methyl/N-ethyl adjacent to an activating group) is 1. The Morgan fingerprint density at radius 3 is 2.60 bits per heavy atom. The van der Waals surface area contributed by atoms with Gasteiger partial charge in [0.2, 0.25) is 0 Å². The summed E-state index contributed by atoms with van der Waals surface area (Å²) in [5.74, 6) is 1.07. The second-order valence-corrected chi connectivity index (χ2v) is 12.2. The van der Waals surface area contributed by atoms with Crippen molar-refractivity contribution in [3.05, 3.63) is 66.2 Å². The van der Waals surface area contributed by atoms with Crippen molar-refractivity contribution in [3.8, 4) is 5.75 Å². The van der Waals surface area contributed by atoms with E-state index in [2.05, 4.69) is 29.5 Å². The monoisotopic (exact) mass is 572 g/mol. The number of urea groups is 1. The Bertz CT molecular complexity index is 1380. The van der Waals surface area contributed by atoms with Crippen molar-refractivity contribution < 1.29 is 19.4 Å². The summed E-state index contributed by atoms with van der Waals surface area (Å²) in [6.07, 6.45) is 6.41. The van der Waals surface area contributed by atoms with Crippen LogP contribution in [0.2, 0.25) is 0 Å². The Balaban J connectivity index is 1.35. The van der Waals surface area contributed by atoms with Crippen LogP contribution in [-0.2, 0) is 0 Å². The van der Waals surface area contributed by atoms with Crippen molar-refractivity contribution in [3.63, 3.8) is 0 Å². The van der Waals surface area contributed by atoms with Crippen molar-refractivity contribution in [1.82, 2.24) is 9.80 Å². The highest BCUT2D eigenvalue weighted by Crippen LogP contribution is 2.32. The number of benzene rings is 3. The molecular weight excluding hydrogens is 528 g/mol. The van der Waals surface area contributed by atoms with Crippen molar-refractivity contribution in [1.29, 1.82) is 0 Å². The van der Waals surface area contributed by atoms with E-state index in [1.54, 1.807) is 23.1 Å². The summed E-state index contributed by atoms with van der Waals surface area (Å²) >= 11 is 0. The van der Waals surface area contributed by atoms with Gasteiger partial charge in [-0.25, -0.2) is 4.79 Å². The fraction of sp³-hybridized carbons (Fsp3) is 0.471. The van der Waals surface area contributed by atoms with Gasteiger partial charge in [0, 0.05) is 36.6 Å². The lowest BCUT2D eigenvalue weighted by atomic mass is 9.89. The van der Waals surface area contributed by atoms with E-state index in [9.17, 15) is 14.7 Å². The summed E-state index contributed by atoms with van der Waals surface area (Å²) in [5.41, 5.74) is 1.57. The van der Waals surface area contributed by atoms with Crippen molar-refractivity contribution in [2.24, 2.45) is 11.8 Å². The highest BCUT2D eigenvalue weighted by molar-refractivity contribution is 6.07. The molecule has 42 heavy (non-hydrogen) atoms. The fourth-order valence-electron chi connectivity index (χ4n) is 6.33. The van der Waals surface area contributed by atoms with Gasteiger partial charge < -0.3 is 30.3 Å². The normalized spacial score (nSPS) is 20.4. The van der Waals surface area contributed by atoms with Gasteiger partial charge in [-0.1, -0.05) is 62.6 Å². The van der Waals surface area contributed by atoms with Crippen molar-refractivity contribution in [2.45, 2.75) is 58.1 Å². The number of aliphatic hydroxyl groups excluding tert-OH is 1. The quantitative estimate of drug-likeness (QED) is 0.298. The maximum atomic E-state index is 13.8. The van der Waals surface area contributed by atoms with Gasteiger partial charge in [0.25, 0.3) is 5.91 Å². The highest BCUT2D eigenvalue weighted by Gasteiger charge is 2.34. The summed E-state index contributed by atoms with van der Waals surface area (Å²) < 4.78 is 6.56. The van der Waals surface area contributed by atoms with Crippen LogP contribution >= 0.6 is 0 Å². The minimum Gasteiger partial charge on any atom is -0.488 e. The number of carbonyl (C=O) groups is 2. The number of hydrogen-bond donors (Lipinski definition) is 3. The molecule has 1 aliphatic heterocycles. The van der Waals surface area contributed by atoms with Gasteiger partial charge in [-0.2, -0.15) is 0 Å². The molecule has 3 amide bonds. The lowest BCUT2D eigenvalue weighted by Crippen LogP contribution is -2.50. The number of fused-ring (bicyclic) bond motifs is 2. The Morgan fingerprint density at radius 1 is 1.05 bits per heavy atom. The number of nitrogens with one attached hydrogen (secondary N) is 2. The number of hydrogen-bond acceptors (Lipinski definition) is 5. The number of aliphatic hydroxyl groups is 1. The van der Waals surface area contributed by atoms with Gasteiger partial charge in [0.15, 0.2) is 0 Å². The molecular formula is C34H44N4O4. The molecule has 0 radical (unpaired) electrons. The van der Waals surface area contributed by atoms with Crippen LogP contribution in [0.5, 0.6) is 5.75 Å². The smallest absolute Gasteiger partial charge is 0.323 e. The van der Waals surface area contributed by atoms with Crippen LogP contribution in [-0.4, -0.2) is 72.3 Å². The van der Waals surface area contributed by atoms with E-state index in [0.29, 0.717) is 29.2 Å². The van der Waals surface area contributed by atoms with Gasteiger partial charge in [-0.3, -0.25) is 4.79 Å². The average molecular weight is 573 g/mol. The van der Waals surface area contributed by atoms with Gasteiger partial charge in [0.1, 0.15) is 11.9 Å². The van der Waals surface area contributed by atoms with Crippen molar-refractivity contribution >= 4 is 34.1 Å². The number of amides is 3. The minimum atomic E-state index is -0.401. The standard InChI is InChI=1S/C34H44N4O4/c1-23-19-38(24(2)22-39)33(40)29-18-27(35-34(41)36-30-15-9-13-26-12-7-8-14-28(26)30)16-17-31(29)42-32(23)21-37(3)20-25-10-5-4-6-11-25/h7-9,12-18,23-25,32,39H,4-6,10-11,19-22H2,1-3H3,(H2,35,36,41)/t23-,24-,32-/m1/s1. The number of carbonyl (C=O) groups excluding carboxylic acids is 2. The highest BCUT2D eigenvalue weighted by atomic mass is 16.5. The molecule has 1 saturated carbocycles. The van der Waals surface area contributed by atoms with Crippen LogP contribution < -0.4 is 15.4 Å². The molecule has 3 atom stereocenters. The van der Waals surface area contributed by atoms with E-state index in [-0.39, 0.29) is 30.6 Å². The second kappa shape index (κ2) is 13.6. The van der Waals surface area contributed by atoms with Gasteiger partial charge >= 0.3 is 6.03 Å². The maximum Gasteiger partial charge on any atom is 0.323 e. The van der Waals surface area contributed by atoms with Crippen LogP contribution in [0.25, 0.3) is 10.8 Å². The molecule has 1 heterocycles. The molecule has 1 aliphatic carbocycles. The van der Waals surface area contributed by atoms with Gasteiger partial charge in [-0.15, -0.1) is 0 Å². The molecule has 8 nitrogen and oxygen atoms in total. The molecule has 8 heteroatoms. The Labute approximate surface area is 249 Å². The van der Waals surface area contributed by atoms with E-state index in [1.165, 1.54) is 32.1 Å². The molecule has 224 valence electrons.